The van der Waals surface area contributed by atoms with Crippen molar-refractivity contribution in [1.82, 2.24) is 0 Å². The number of benzene rings is 1. The zero-order chi connectivity index (χ0) is 17.4. The van der Waals surface area contributed by atoms with Crippen LogP contribution in [0.2, 0.25) is 0 Å². The van der Waals surface area contributed by atoms with E-state index in [1.165, 1.54) is 0 Å². The van der Waals surface area contributed by atoms with Crippen molar-refractivity contribution in [1.29, 1.82) is 0 Å². The molecule has 0 spiro atoms. The van der Waals surface area contributed by atoms with E-state index in [9.17, 15) is 19.8 Å². The summed E-state index contributed by atoms with van der Waals surface area (Å²) in [5.41, 5.74) is 8.58. The van der Waals surface area contributed by atoms with Crippen molar-refractivity contribution in [2.45, 2.75) is 51.9 Å². The van der Waals surface area contributed by atoms with E-state index in [2.05, 4.69) is 0 Å². The van der Waals surface area contributed by atoms with Crippen LogP contribution >= 0.6 is 12.4 Å². The Hall–Kier alpha value is -1.99. The number of hydrogen-bond donors (Lipinski definition) is 3. The van der Waals surface area contributed by atoms with E-state index < -0.39 is 17.7 Å². The van der Waals surface area contributed by atoms with Crippen LogP contribution in [0.5, 0.6) is 11.5 Å². The Balaban J connectivity index is 0.00000288. The lowest BCUT2D eigenvalue weighted by molar-refractivity contribution is -0.194. The van der Waals surface area contributed by atoms with Gasteiger partial charge in [-0.3, -0.25) is 0 Å². The Morgan fingerprint density at radius 3 is 2.17 bits per heavy atom. The number of carboxylic acids is 2. The molecule has 7 nitrogen and oxygen atoms in total. The predicted molar refractivity (Wildman–Crippen MR) is 89.1 cm³/mol. The highest BCUT2D eigenvalue weighted by Gasteiger charge is 2.58. The summed E-state index contributed by atoms with van der Waals surface area (Å²) in [6.45, 7) is 5.73. The van der Waals surface area contributed by atoms with Gasteiger partial charge in [0.1, 0.15) is 0 Å². The van der Waals surface area contributed by atoms with Crippen LogP contribution in [0.25, 0.3) is 0 Å². The molecular formula is C16H22ClNO6. The maximum absolute atomic E-state index is 11.4. The lowest BCUT2D eigenvalue weighted by atomic mass is 9.92. The average Bonchev–Trinajstić information content (AvgIpc) is 2.86. The van der Waals surface area contributed by atoms with Gasteiger partial charge in [-0.1, -0.05) is 13.8 Å². The van der Waals surface area contributed by atoms with Gasteiger partial charge in [-0.15, -0.1) is 12.4 Å². The number of halogens is 1. The van der Waals surface area contributed by atoms with Crippen LogP contribution in [0.3, 0.4) is 0 Å². The predicted octanol–water partition coefficient (Wildman–Crippen LogP) is 1.76. The van der Waals surface area contributed by atoms with Crippen molar-refractivity contribution < 1.29 is 29.3 Å². The number of fused-ring (bicyclic) bond motifs is 1. The van der Waals surface area contributed by atoms with Crippen LogP contribution in [0, 0.1) is 0 Å². The molecule has 0 fully saturated rings. The second-order valence-corrected chi connectivity index (χ2v) is 5.64. The topological polar surface area (TPSA) is 119 Å². The van der Waals surface area contributed by atoms with Gasteiger partial charge in [0.2, 0.25) is 0 Å². The normalized spacial score (nSPS) is 15.5. The summed E-state index contributed by atoms with van der Waals surface area (Å²) in [4.78, 5) is 22.8. The largest absolute Gasteiger partial charge is 0.475 e. The number of ether oxygens (including phenoxy) is 2. The van der Waals surface area contributed by atoms with E-state index in [0.717, 1.165) is 16.7 Å². The number of rotatable bonds is 6. The lowest BCUT2D eigenvalue weighted by Gasteiger charge is -2.18. The fourth-order valence-corrected chi connectivity index (χ4v) is 2.83. The molecule has 1 heterocycles. The second kappa shape index (κ2) is 7.27. The smallest absolute Gasteiger partial charge is 0.453 e. The van der Waals surface area contributed by atoms with E-state index in [1.54, 1.807) is 6.07 Å². The third kappa shape index (κ3) is 3.14. The van der Waals surface area contributed by atoms with Crippen LogP contribution in [0.1, 0.15) is 37.5 Å². The van der Waals surface area contributed by atoms with E-state index in [0.29, 0.717) is 19.3 Å². The van der Waals surface area contributed by atoms with Crippen molar-refractivity contribution >= 4 is 24.3 Å². The molecule has 0 saturated carbocycles. The van der Waals surface area contributed by atoms with Gasteiger partial charge in [-0.25, -0.2) is 9.59 Å². The molecule has 134 valence electrons. The van der Waals surface area contributed by atoms with Crippen molar-refractivity contribution in [2.24, 2.45) is 5.73 Å². The number of aryl methyl sites for hydroxylation is 1. The van der Waals surface area contributed by atoms with Gasteiger partial charge in [0.05, 0.1) is 0 Å². The van der Waals surface area contributed by atoms with E-state index in [1.807, 2.05) is 20.8 Å². The van der Waals surface area contributed by atoms with Crippen molar-refractivity contribution in [2.75, 3.05) is 0 Å². The molecule has 0 aromatic heterocycles. The number of hydrogen-bond acceptors (Lipinski definition) is 5. The maximum atomic E-state index is 11.4. The Labute approximate surface area is 146 Å². The third-order valence-corrected chi connectivity index (χ3v) is 3.88. The van der Waals surface area contributed by atoms with Gasteiger partial charge in [0.25, 0.3) is 0 Å². The number of carboxylic acid groups (broad SMARTS) is 2. The van der Waals surface area contributed by atoms with E-state index in [-0.39, 0.29) is 29.9 Å². The molecule has 0 radical (unpaired) electrons. The van der Waals surface area contributed by atoms with E-state index >= 15 is 0 Å². The Bertz CT molecular complexity index is 644. The van der Waals surface area contributed by atoms with Gasteiger partial charge in [0.15, 0.2) is 11.5 Å². The summed E-state index contributed by atoms with van der Waals surface area (Å²) in [6.07, 6.45) is 1.84. The molecule has 4 N–H and O–H groups in total. The summed E-state index contributed by atoms with van der Waals surface area (Å²) in [5, 5.41) is 18.5. The van der Waals surface area contributed by atoms with E-state index in [4.69, 9.17) is 15.2 Å². The maximum Gasteiger partial charge on any atom is 0.453 e. The highest BCUT2D eigenvalue weighted by atomic mass is 35.5. The molecule has 1 aromatic rings. The molecule has 0 bridgehead atoms. The lowest BCUT2D eigenvalue weighted by Crippen LogP contribution is -2.54. The molecule has 24 heavy (non-hydrogen) atoms. The Morgan fingerprint density at radius 1 is 1.17 bits per heavy atom. The molecule has 2 rings (SSSR count). The van der Waals surface area contributed by atoms with Crippen LogP contribution in [-0.4, -0.2) is 34.0 Å². The molecule has 1 atom stereocenters. The molecule has 0 aliphatic carbocycles. The van der Waals surface area contributed by atoms with Crippen molar-refractivity contribution in [3.63, 3.8) is 0 Å². The summed E-state index contributed by atoms with van der Waals surface area (Å²) < 4.78 is 10.5. The second-order valence-electron chi connectivity index (χ2n) is 5.64. The molecule has 8 heteroatoms. The first-order chi connectivity index (χ1) is 10.8. The SMILES string of the molecule is CCc1cc2c(c(CC)c1C[C@@H](C)N)OC(C(=O)O)(C(=O)O)O2.Cl. The summed E-state index contributed by atoms with van der Waals surface area (Å²) in [7, 11) is 0. The molecule has 0 amide bonds. The minimum absolute atomic E-state index is 0. The molecule has 1 aliphatic rings. The van der Waals surface area contributed by atoms with Gasteiger partial charge in [0, 0.05) is 11.6 Å². The number of aliphatic carboxylic acids is 2. The quantitative estimate of drug-likeness (QED) is 0.662. The standard InChI is InChI=1S/C16H21NO6.ClH/c1-4-9-7-12-13(10(5-2)11(9)6-8(3)17)23-16(22-12,14(18)19)15(20)21;/h7-8H,4-6,17H2,1-3H3,(H,18,19)(H,20,21);1H/t8-;/m1./s1. The van der Waals surface area contributed by atoms with Gasteiger partial charge >= 0.3 is 17.7 Å². The minimum Gasteiger partial charge on any atom is -0.475 e. The molecule has 1 aliphatic heterocycles. The minimum atomic E-state index is -2.73. The first-order valence-electron chi connectivity index (χ1n) is 7.54. The van der Waals surface area contributed by atoms with Gasteiger partial charge < -0.3 is 25.4 Å². The Kier molecular flexibility index (Phi) is 6.08. The highest BCUT2D eigenvalue weighted by molar-refractivity contribution is 6.01. The summed E-state index contributed by atoms with van der Waals surface area (Å²) in [5.74, 6) is -5.79. The third-order valence-electron chi connectivity index (χ3n) is 3.88. The highest BCUT2D eigenvalue weighted by Crippen LogP contribution is 2.45. The zero-order valence-corrected chi connectivity index (χ0v) is 14.6. The van der Waals surface area contributed by atoms with Crippen LogP contribution in [-0.2, 0) is 28.9 Å². The molecular weight excluding hydrogens is 338 g/mol. The zero-order valence-electron chi connectivity index (χ0n) is 13.8. The van der Waals surface area contributed by atoms with Gasteiger partial charge in [-0.05, 0) is 43.4 Å². The van der Waals surface area contributed by atoms with Crippen LogP contribution < -0.4 is 15.2 Å². The van der Waals surface area contributed by atoms with Crippen molar-refractivity contribution in [3.8, 4) is 11.5 Å². The molecule has 0 unspecified atom stereocenters. The number of nitrogens with two attached hydrogens (primary N) is 1. The molecule has 1 aromatic carbocycles. The summed E-state index contributed by atoms with van der Waals surface area (Å²) in [6, 6.07) is 1.56. The first-order valence-corrected chi connectivity index (χ1v) is 7.54. The monoisotopic (exact) mass is 359 g/mol. The van der Waals surface area contributed by atoms with Crippen LogP contribution in [0.4, 0.5) is 0 Å². The molecule has 0 saturated heterocycles. The fraction of sp³-hybridized carbons (Fsp3) is 0.500. The first kappa shape index (κ1) is 20.1. The number of carbonyl (C=O) groups is 2. The Morgan fingerprint density at radius 2 is 1.75 bits per heavy atom. The van der Waals surface area contributed by atoms with Crippen molar-refractivity contribution in [3.05, 3.63) is 22.8 Å². The van der Waals surface area contributed by atoms with Crippen LogP contribution in [0.15, 0.2) is 6.07 Å². The van der Waals surface area contributed by atoms with Gasteiger partial charge in [-0.2, -0.15) is 0 Å². The summed E-state index contributed by atoms with van der Waals surface area (Å²) >= 11 is 0. The fourth-order valence-electron chi connectivity index (χ4n) is 2.83. The average molecular weight is 360 g/mol.